The van der Waals surface area contributed by atoms with E-state index in [1.807, 2.05) is 0 Å². The van der Waals surface area contributed by atoms with Crippen LogP contribution in [0.15, 0.2) is 0 Å². The molecule has 0 aliphatic carbocycles. The number of hydrogen-bond acceptors (Lipinski definition) is 1. The second kappa shape index (κ2) is 7.61. The van der Waals surface area contributed by atoms with Gasteiger partial charge in [-0.15, -0.1) is 0 Å². The van der Waals surface area contributed by atoms with E-state index in [0.29, 0.717) is 0 Å². The summed E-state index contributed by atoms with van der Waals surface area (Å²) in [6, 6.07) is 0. The lowest BCUT2D eigenvalue weighted by molar-refractivity contribution is 0.705. The highest BCUT2D eigenvalue weighted by molar-refractivity contribution is 7.95. The normalized spacial score (nSPS) is 11.1. The van der Waals surface area contributed by atoms with Crippen molar-refractivity contribution in [3.05, 3.63) is 0 Å². The maximum Gasteiger partial charge on any atom is 0.0180 e. The number of unbranched alkanes of at least 4 members (excludes halogenated alkanes) is 2. The Balaban J connectivity index is 2.62. The summed E-state index contributed by atoms with van der Waals surface area (Å²) in [5.74, 6) is 0. The molecule has 0 aromatic carbocycles. The molecular weight excluding hydrogens is 137 g/mol. The van der Waals surface area contributed by atoms with Crippen molar-refractivity contribution in [2.45, 2.75) is 26.2 Å². The molecule has 0 bridgehead atoms. The molecule has 0 fully saturated rings. The molecule has 1 atom stereocenters. The molecule has 1 unspecified atom stereocenters. The summed E-state index contributed by atoms with van der Waals surface area (Å²) in [6.45, 7) is 3.20. The predicted molar refractivity (Wildman–Crippen MR) is 43.6 cm³/mol. The van der Waals surface area contributed by atoms with Gasteiger partial charge in [0.25, 0.3) is 0 Å². The molecular formula is C5H13NPS. The molecule has 0 rings (SSSR count). The van der Waals surface area contributed by atoms with Crippen LogP contribution in [0.4, 0.5) is 0 Å². The summed E-state index contributed by atoms with van der Waals surface area (Å²) in [5.41, 5.74) is 0. The Hall–Kier alpha value is 0.610. The van der Waals surface area contributed by atoms with Crippen molar-refractivity contribution in [3.63, 3.8) is 0 Å². The van der Waals surface area contributed by atoms with Gasteiger partial charge in [-0.2, -0.15) is 0 Å². The Morgan fingerprint density at radius 2 is 2.25 bits per heavy atom. The highest BCUT2D eigenvalue weighted by atomic mass is 32.4. The summed E-state index contributed by atoms with van der Waals surface area (Å²) in [5, 5.41) is 4.11. The minimum Gasteiger partial charge on any atom is -0.213 e. The van der Waals surface area contributed by atoms with E-state index in [9.17, 15) is 0 Å². The van der Waals surface area contributed by atoms with Crippen LogP contribution in [0.1, 0.15) is 26.2 Å². The van der Waals surface area contributed by atoms with Crippen molar-refractivity contribution >= 4 is 19.3 Å². The monoisotopic (exact) mass is 150 g/mol. The van der Waals surface area contributed by atoms with Crippen LogP contribution in [0.5, 0.6) is 0 Å². The third-order valence-corrected chi connectivity index (χ3v) is 1.82. The van der Waals surface area contributed by atoms with Crippen LogP contribution in [-0.2, 0) is 11.8 Å². The van der Waals surface area contributed by atoms with Gasteiger partial charge >= 0.3 is 0 Å². The minimum absolute atomic E-state index is 0.0141. The molecule has 1 radical (unpaired) electrons. The van der Waals surface area contributed by atoms with Crippen LogP contribution in [0.2, 0.25) is 0 Å². The standard InChI is InChI=1S/C5H13NPS/c1-2-3-4-5-6-7-8/h2-5,7H2,1H3. The van der Waals surface area contributed by atoms with Gasteiger partial charge in [0.1, 0.15) is 0 Å². The van der Waals surface area contributed by atoms with Gasteiger partial charge in [0.2, 0.25) is 0 Å². The molecule has 0 aromatic rings. The second-order valence-corrected chi connectivity index (χ2v) is 2.93. The zero-order chi connectivity index (χ0) is 6.24. The van der Waals surface area contributed by atoms with Crippen LogP contribution < -0.4 is 5.09 Å². The van der Waals surface area contributed by atoms with Crippen molar-refractivity contribution in [1.82, 2.24) is 5.09 Å². The SMILES string of the molecule is CCCCC[N][PH2]=S. The van der Waals surface area contributed by atoms with Gasteiger partial charge in [-0.25, -0.2) is 5.09 Å². The summed E-state index contributed by atoms with van der Waals surface area (Å²) in [7, 11) is -0.0141. The highest BCUT2D eigenvalue weighted by Crippen LogP contribution is 1.94. The largest absolute Gasteiger partial charge is 0.213 e. The third-order valence-electron chi connectivity index (χ3n) is 0.965. The maximum atomic E-state index is 4.72. The number of hydrogen-bond donors (Lipinski definition) is 0. The van der Waals surface area contributed by atoms with Crippen LogP contribution in [0, 0.1) is 0 Å². The van der Waals surface area contributed by atoms with Crippen LogP contribution in [-0.4, -0.2) is 6.54 Å². The van der Waals surface area contributed by atoms with Gasteiger partial charge in [0.15, 0.2) is 0 Å². The Morgan fingerprint density at radius 3 is 2.75 bits per heavy atom. The van der Waals surface area contributed by atoms with E-state index in [1.165, 1.54) is 19.3 Å². The zero-order valence-corrected chi connectivity index (χ0v) is 7.23. The Morgan fingerprint density at radius 1 is 1.50 bits per heavy atom. The quantitative estimate of drug-likeness (QED) is 0.428. The molecule has 0 saturated carbocycles. The minimum atomic E-state index is -0.0141. The van der Waals surface area contributed by atoms with Gasteiger partial charge in [-0.05, 0) is 6.42 Å². The molecule has 0 aliphatic rings. The van der Waals surface area contributed by atoms with Crippen molar-refractivity contribution in [3.8, 4) is 0 Å². The van der Waals surface area contributed by atoms with Crippen molar-refractivity contribution < 1.29 is 0 Å². The predicted octanol–water partition coefficient (Wildman–Crippen LogP) is 1.57. The number of rotatable bonds is 5. The summed E-state index contributed by atoms with van der Waals surface area (Å²) >= 11 is 4.72. The molecule has 8 heavy (non-hydrogen) atoms. The van der Waals surface area contributed by atoms with Crippen LogP contribution >= 0.6 is 7.51 Å². The third kappa shape index (κ3) is 6.61. The van der Waals surface area contributed by atoms with Crippen molar-refractivity contribution in [2.75, 3.05) is 6.54 Å². The maximum absolute atomic E-state index is 4.72. The molecule has 0 saturated heterocycles. The first kappa shape index (κ1) is 8.61. The van der Waals surface area contributed by atoms with E-state index in [4.69, 9.17) is 11.8 Å². The van der Waals surface area contributed by atoms with Crippen LogP contribution in [0.25, 0.3) is 0 Å². The van der Waals surface area contributed by atoms with E-state index < -0.39 is 0 Å². The van der Waals surface area contributed by atoms with E-state index >= 15 is 0 Å². The molecule has 0 amide bonds. The fourth-order valence-electron chi connectivity index (χ4n) is 0.506. The van der Waals surface area contributed by atoms with E-state index in [1.54, 1.807) is 0 Å². The van der Waals surface area contributed by atoms with Gasteiger partial charge in [-0.1, -0.05) is 31.6 Å². The number of nitrogens with zero attached hydrogens (tertiary/aromatic N) is 1. The first-order valence-corrected chi connectivity index (χ1v) is 5.42. The zero-order valence-electron chi connectivity index (χ0n) is 5.26. The Bertz CT molecular complexity index is 58.4. The molecule has 0 aromatic heterocycles. The highest BCUT2D eigenvalue weighted by Gasteiger charge is 1.81. The molecule has 49 valence electrons. The van der Waals surface area contributed by atoms with E-state index in [-0.39, 0.29) is 7.51 Å². The van der Waals surface area contributed by atoms with E-state index in [2.05, 4.69) is 12.0 Å². The molecule has 0 aliphatic heterocycles. The first-order valence-electron chi connectivity index (χ1n) is 3.02. The van der Waals surface area contributed by atoms with Gasteiger partial charge < -0.3 is 0 Å². The molecule has 0 N–H and O–H groups in total. The average molecular weight is 150 g/mol. The first-order chi connectivity index (χ1) is 3.91. The summed E-state index contributed by atoms with van der Waals surface area (Å²) < 4.78 is 0. The topological polar surface area (TPSA) is 14.1 Å². The van der Waals surface area contributed by atoms with Gasteiger partial charge in [0, 0.05) is 14.1 Å². The lowest BCUT2D eigenvalue weighted by Gasteiger charge is -1.92. The molecule has 1 nitrogen and oxygen atoms in total. The van der Waals surface area contributed by atoms with Gasteiger partial charge in [0.05, 0.1) is 0 Å². The second-order valence-electron chi connectivity index (χ2n) is 1.72. The Kier molecular flexibility index (Phi) is 8.19. The summed E-state index contributed by atoms with van der Waals surface area (Å²) in [4.78, 5) is 0. The summed E-state index contributed by atoms with van der Waals surface area (Å²) in [6.07, 6.45) is 3.82. The van der Waals surface area contributed by atoms with E-state index in [0.717, 1.165) is 6.54 Å². The molecule has 3 heteroatoms. The molecule has 0 spiro atoms. The lowest BCUT2D eigenvalue weighted by Crippen LogP contribution is -1.91. The lowest BCUT2D eigenvalue weighted by atomic mass is 10.3. The Labute approximate surface area is 57.8 Å². The van der Waals surface area contributed by atoms with Crippen LogP contribution in [0.3, 0.4) is 0 Å². The van der Waals surface area contributed by atoms with Crippen molar-refractivity contribution in [2.24, 2.45) is 0 Å². The van der Waals surface area contributed by atoms with Crippen molar-refractivity contribution in [1.29, 1.82) is 0 Å². The molecule has 0 heterocycles. The average Bonchev–Trinajstić information content (AvgIpc) is 1.81. The smallest absolute Gasteiger partial charge is 0.0180 e. The van der Waals surface area contributed by atoms with Gasteiger partial charge in [-0.3, -0.25) is 0 Å². The fourth-order valence-corrected chi connectivity index (χ4v) is 1.11. The fraction of sp³-hybridized carbons (Fsp3) is 1.00.